The summed E-state index contributed by atoms with van der Waals surface area (Å²) in [6.45, 7) is 0.556. The lowest BCUT2D eigenvalue weighted by molar-refractivity contribution is 0.0504. The molecule has 0 saturated carbocycles. The van der Waals surface area contributed by atoms with Gasteiger partial charge in [0.25, 0.3) is 5.91 Å². The molecule has 44 heavy (non-hydrogen) atoms. The average molecular weight is 628 g/mol. The Morgan fingerprint density at radius 3 is 2.82 bits per heavy atom. The first-order chi connectivity index (χ1) is 21.4. The number of halogens is 1. The number of nitrogens with one attached hydrogen (secondary N) is 1. The van der Waals surface area contributed by atoms with Crippen molar-refractivity contribution < 1.29 is 28.5 Å². The third kappa shape index (κ3) is 5.69. The van der Waals surface area contributed by atoms with Crippen LogP contribution in [0.2, 0.25) is 0 Å². The molecule has 2 N–H and O–H groups in total. The molecule has 3 heterocycles. The summed E-state index contributed by atoms with van der Waals surface area (Å²) < 4.78 is 32.7. The fourth-order valence-electron chi connectivity index (χ4n) is 5.30. The van der Waals surface area contributed by atoms with Crippen LogP contribution in [0.5, 0.6) is 17.2 Å². The molecule has 0 fully saturated rings. The molecule has 11 heteroatoms. The largest absolute Gasteiger partial charge is 0.494 e. The van der Waals surface area contributed by atoms with E-state index in [0.29, 0.717) is 57.6 Å². The van der Waals surface area contributed by atoms with Gasteiger partial charge in [0.15, 0.2) is 5.13 Å². The summed E-state index contributed by atoms with van der Waals surface area (Å²) in [5.41, 5.74) is 3.35. The first-order valence-electron chi connectivity index (χ1n) is 13.9. The molecule has 0 radical (unpaired) electrons. The number of methoxy groups -OCH3 is 1. The van der Waals surface area contributed by atoms with Crippen molar-refractivity contribution >= 4 is 54.1 Å². The van der Waals surface area contributed by atoms with Crippen molar-refractivity contribution in [2.75, 3.05) is 19.0 Å². The highest BCUT2D eigenvalue weighted by Gasteiger charge is 2.30. The summed E-state index contributed by atoms with van der Waals surface area (Å²) in [6, 6.07) is 22.9. The number of hydrogen-bond donors (Lipinski definition) is 2. The van der Waals surface area contributed by atoms with Crippen molar-refractivity contribution in [3.05, 3.63) is 106 Å². The lowest BCUT2D eigenvalue weighted by atomic mass is 9.87. The SMILES string of the molecule is COc1cccc2sc(NC(=O)c3cccc(C[C@H]4COc5ccc(OCc6nc7cc(F)ccc7s6)cc5[C@H]4O)c3)nc12. The summed E-state index contributed by atoms with van der Waals surface area (Å²) >= 11 is 2.83. The number of fused-ring (bicyclic) bond motifs is 3. The first-order valence-corrected chi connectivity index (χ1v) is 15.5. The third-order valence-corrected chi connectivity index (χ3v) is 9.41. The van der Waals surface area contributed by atoms with Gasteiger partial charge in [0.1, 0.15) is 40.2 Å². The minimum absolute atomic E-state index is 0.222. The smallest absolute Gasteiger partial charge is 0.257 e. The number of aliphatic hydroxyl groups is 1. The Hall–Kier alpha value is -4.58. The van der Waals surface area contributed by atoms with Crippen molar-refractivity contribution in [3.63, 3.8) is 0 Å². The van der Waals surface area contributed by atoms with Crippen LogP contribution in [0.4, 0.5) is 9.52 Å². The second-order valence-corrected chi connectivity index (χ2v) is 12.6. The zero-order valence-corrected chi connectivity index (χ0v) is 25.1. The van der Waals surface area contributed by atoms with Crippen molar-refractivity contribution in [2.45, 2.75) is 19.1 Å². The van der Waals surface area contributed by atoms with Gasteiger partial charge in [0, 0.05) is 23.1 Å². The molecule has 1 aliphatic heterocycles. The van der Waals surface area contributed by atoms with Gasteiger partial charge >= 0.3 is 0 Å². The van der Waals surface area contributed by atoms with Crippen LogP contribution in [0.15, 0.2) is 78.9 Å². The number of anilines is 1. The number of nitrogens with zero attached hydrogens (tertiary/aromatic N) is 2. The number of carbonyl (C=O) groups is 1. The van der Waals surface area contributed by atoms with E-state index in [9.17, 15) is 14.3 Å². The maximum absolute atomic E-state index is 13.5. The van der Waals surface area contributed by atoms with Gasteiger partial charge in [-0.05, 0) is 66.6 Å². The molecule has 2 atom stereocenters. The second kappa shape index (κ2) is 11.8. The normalized spacial score (nSPS) is 16.0. The van der Waals surface area contributed by atoms with Gasteiger partial charge in [-0.15, -0.1) is 11.3 Å². The van der Waals surface area contributed by atoms with Crippen molar-refractivity contribution in [2.24, 2.45) is 5.92 Å². The summed E-state index contributed by atoms with van der Waals surface area (Å²) in [7, 11) is 1.59. The molecule has 0 unspecified atom stereocenters. The summed E-state index contributed by atoms with van der Waals surface area (Å²) in [5, 5.41) is 15.4. The number of benzene rings is 4. The Morgan fingerprint density at radius 1 is 1.05 bits per heavy atom. The minimum atomic E-state index is -0.789. The van der Waals surface area contributed by atoms with Gasteiger partial charge < -0.3 is 19.3 Å². The van der Waals surface area contributed by atoms with Crippen LogP contribution in [-0.2, 0) is 13.0 Å². The summed E-state index contributed by atoms with van der Waals surface area (Å²) in [4.78, 5) is 22.1. The number of amides is 1. The quantitative estimate of drug-likeness (QED) is 0.184. The standard InChI is InChI=1S/C33H26FN3O5S2/c1-40-26-6-3-7-28-30(26)36-33(44-28)37-32(39)19-5-2-4-18(12-19)13-20-16-42-25-10-9-22(15-23(25)31(20)38)41-17-29-35-24-14-21(34)8-11-27(24)43-29/h2-12,14-15,20,31,38H,13,16-17H2,1H3,(H,36,37,39)/t20-,31-/m0/s1. The predicted molar refractivity (Wildman–Crippen MR) is 169 cm³/mol. The van der Waals surface area contributed by atoms with Gasteiger partial charge in [-0.1, -0.05) is 29.5 Å². The van der Waals surface area contributed by atoms with Crippen LogP contribution in [0.3, 0.4) is 0 Å². The van der Waals surface area contributed by atoms with Crippen LogP contribution in [0, 0.1) is 11.7 Å². The van der Waals surface area contributed by atoms with Gasteiger partial charge in [-0.2, -0.15) is 0 Å². The van der Waals surface area contributed by atoms with E-state index in [4.69, 9.17) is 14.2 Å². The van der Waals surface area contributed by atoms with Gasteiger partial charge in [-0.3, -0.25) is 10.1 Å². The fraction of sp³-hybridized carbons (Fsp3) is 0.182. The lowest BCUT2D eigenvalue weighted by Crippen LogP contribution is -2.27. The Kier molecular flexibility index (Phi) is 7.59. The van der Waals surface area contributed by atoms with E-state index in [2.05, 4.69) is 15.3 Å². The zero-order valence-electron chi connectivity index (χ0n) is 23.5. The molecule has 222 valence electrons. The van der Waals surface area contributed by atoms with E-state index < -0.39 is 6.10 Å². The maximum Gasteiger partial charge on any atom is 0.257 e. The van der Waals surface area contributed by atoms with Crippen molar-refractivity contribution in [3.8, 4) is 17.2 Å². The monoisotopic (exact) mass is 627 g/mol. The Morgan fingerprint density at radius 2 is 1.93 bits per heavy atom. The van der Waals surface area contributed by atoms with Crippen LogP contribution >= 0.6 is 22.7 Å². The maximum atomic E-state index is 13.5. The number of aromatic nitrogens is 2. The number of carbonyl (C=O) groups excluding carboxylic acids is 1. The average Bonchev–Trinajstić information content (AvgIpc) is 3.64. The molecule has 4 aromatic carbocycles. The number of aliphatic hydroxyl groups excluding tert-OH is 1. The molecule has 0 aliphatic carbocycles. The summed E-state index contributed by atoms with van der Waals surface area (Å²) in [6.07, 6.45) is -0.282. The molecule has 2 aromatic heterocycles. The highest BCUT2D eigenvalue weighted by Crippen LogP contribution is 2.39. The highest BCUT2D eigenvalue weighted by molar-refractivity contribution is 7.22. The van der Waals surface area contributed by atoms with E-state index in [1.54, 1.807) is 37.4 Å². The third-order valence-electron chi connectivity index (χ3n) is 7.46. The molecular formula is C33H26FN3O5S2. The van der Waals surface area contributed by atoms with Crippen LogP contribution in [-0.4, -0.2) is 34.7 Å². The number of rotatable bonds is 8. The molecule has 1 aliphatic rings. The zero-order chi connectivity index (χ0) is 30.2. The minimum Gasteiger partial charge on any atom is -0.494 e. The van der Waals surface area contributed by atoms with E-state index >= 15 is 0 Å². The fourth-order valence-corrected chi connectivity index (χ4v) is 7.04. The van der Waals surface area contributed by atoms with Crippen LogP contribution in [0.1, 0.15) is 32.6 Å². The van der Waals surface area contributed by atoms with E-state index in [1.807, 2.05) is 36.4 Å². The number of thiazole rings is 2. The second-order valence-electron chi connectivity index (χ2n) is 10.4. The number of para-hydroxylation sites is 1. The van der Waals surface area contributed by atoms with Gasteiger partial charge in [0.05, 0.1) is 34.7 Å². The Bertz CT molecular complexity index is 2010. The van der Waals surface area contributed by atoms with Gasteiger partial charge in [-0.25, -0.2) is 14.4 Å². The molecule has 0 bridgehead atoms. The topological polar surface area (TPSA) is 103 Å². The van der Waals surface area contributed by atoms with Crippen LogP contribution < -0.4 is 19.5 Å². The van der Waals surface area contributed by atoms with Crippen molar-refractivity contribution in [1.82, 2.24) is 9.97 Å². The van der Waals surface area contributed by atoms with Crippen LogP contribution in [0.25, 0.3) is 20.4 Å². The molecular weight excluding hydrogens is 602 g/mol. The molecule has 7 rings (SSSR count). The lowest BCUT2D eigenvalue weighted by Gasteiger charge is -2.30. The highest BCUT2D eigenvalue weighted by atomic mass is 32.1. The predicted octanol–water partition coefficient (Wildman–Crippen LogP) is 7.17. The van der Waals surface area contributed by atoms with E-state index in [-0.39, 0.29) is 24.2 Å². The molecule has 6 aromatic rings. The molecule has 1 amide bonds. The van der Waals surface area contributed by atoms with Gasteiger partial charge in [0.2, 0.25) is 0 Å². The Balaban J connectivity index is 1.02. The Labute approximate surface area is 259 Å². The summed E-state index contributed by atoms with van der Waals surface area (Å²) in [5.74, 6) is 1.01. The molecule has 0 saturated heterocycles. The van der Waals surface area contributed by atoms with E-state index in [0.717, 1.165) is 20.0 Å². The number of ether oxygens (including phenoxy) is 3. The molecule has 0 spiro atoms. The molecule has 8 nitrogen and oxygen atoms in total. The first kappa shape index (κ1) is 28.2. The van der Waals surface area contributed by atoms with Crippen molar-refractivity contribution in [1.29, 1.82) is 0 Å². The number of hydrogen-bond acceptors (Lipinski definition) is 9. The van der Waals surface area contributed by atoms with E-state index in [1.165, 1.54) is 34.8 Å².